The highest BCUT2D eigenvalue weighted by Gasteiger charge is 2.16. The number of fused-ring (bicyclic) bond motifs is 1. The van der Waals surface area contributed by atoms with Gasteiger partial charge in [-0.1, -0.05) is 35.9 Å². The summed E-state index contributed by atoms with van der Waals surface area (Å²) in [5, 5.41) is 3.79. The van der Waals surface area contributed by atoms with Gasteiger partial charge in [0.25, 0.3) is 0 Å². The Balaban J connectivity index is 1.52. The second-order valence-electron chi connectivity index (χ2n) is 6.44. The maximum absolute atomic E-state index is 12.2. The van der Waals surface area contributed by atoms with Crippen LogP contribution in [-0.2, 0) is 14.8 Å². The first-order chi connectivity index (χ1) is 12.8. The van der Waals surface area contributed by atoms with Crippen molar-refractivity contribution in [3.63, 3.8) is 0 Å². The van der Waals surface area contributed by atoms with Crippen molar-refractivity contribution in [2.45, 2.75) is 31.2 Å². The van der Waals surface area contributed by atoms with E-state index in [0.29, 0.717) is 5.76 Å². The zero-order chi connectivity index (χ0) is 19.4. The van der Waals surface area contributed by atoms with Gasteiger partial charge in [-0.05, 0) is 38.1 Å². The van der Waals surface area contributed by atoms with Crippen molar-refractivity contribution < 1.29 is 17.6 Å². The molecule has 142 valence electrons. The van der Waals surface area contributed by atoms with E-state index in [4.69, 9.17) is 4.42 Å². The molecule has 6 nitrogen and oxygen atoms in total. The number of sulfonamides is 1. The summed E-state index contributed by atoms with van der Waals surface area (Å²) in [7, 11) is -3.62. The molecule has 1 atom stereocenters. The lowest BCUT2D eigenvalue weighted by Gasteiger charge is -2.12. The summed E-state index contributed by atoms with van der Waals surface area (Å²) in [6.07, 6.45) is 0.0374. The van der Waals surface area contributed by atoms with Gasteiger partial charge in [0, 0.05) is 18.4 Å². The van der Waals surface area contributed by atoms with Gasteiger partial charge in [-0.2, -0.15) is 0 Å². The number of benzene rings is 2. The van der Waals surface area contributed by atoms with Crippen LogP contribution in [0.3, 0.4) is 0 Å². The standard InChI is InChI=1S/C20H22N2O4S/c1-14-7-9-17(10-8-14)27(24,25)21-12-11-20(23)22-15(2)19-13-16-5-3-4-6-18(16)26-19/h3-10,13,15,21H,11-12H2,1-2H3,(H,22,23). The summed E-state index contributed by atoms with van der Waals surface area (Å²) in [6, 6.07) is 15.8. The smallest absolute Gasteiger partial charge is 0.240 e. The molecule has 2 N–H and O–H groups in total. The minimum atomic E-state index is -3.62. The number of nitrogens with one attached hydrogen (secondary N) is 2. The number of carbonyl (C=O) groups is 1. The highest BCUT2D eigenvalue weighted by atomic mass is 32.2. The van der Waals surface area contributed by atoms with E-state index in [-0.39, 0.29) is 29.8 Å². The fourth-order valence-electron chi connectivity index (χ4n) is 2.70. The Morgan fingerprint density at radius 3 is 2.52 bits per heavy atom. The molecule has 0 aliphatic carbocycles. The van der Waals surface area contributed by atoms with Crippen LogP contribution in [0.4, 0.5) is 0 Å². The Hall–Kier alpha value is -2.64. The Morgan fingerprint density at radius 2 is 1.81 bits per heavy atom. The Kier molecular flexibility index (Phi) is 5.62. The van der Waals surface area contributed by atoms with Crippen molar-refractivity contribution >= 4 is 26.9 Å². The molecule has 1 amide bonds. The van der Waals surface area contributed by atoms with Crippen molar-refractivity contribution in [3.8, 4) is 0 Å². The topological polar surface area (TPSA) is 88.4 Å². The van der Waals surface area contributed by atoms with Crippen molar-refractivity contribution in [2.75, 3.05) is 6.54 Å². The van der Waals surface area contributed by atoms with Gasteiger partial charge in [0.15, 0.2) is 0 Å². The molecule has 0 radical (unpaired) electrons. The highest BCUT2D eigenvalue weighted by Crippen LogP contribution is 2.23. The van der Waals surface area contributed by atoms with E-state index >= 15 is 0 Å². The van der Waals surface area contributed by atoms with Crippen molar-refractivity contribution in [2.24, 2.45) is 0 Å². The Labute approximate surface area is 158 Å². The number of rotatable bonds is 7. The van der Waals surface area contributed by atoms with Crippen LogP contribution >= 0.6 is 0 Å². The van der Waals surface area contributed by atoms with Crippen molar-refractivity contribution in [3.05, 3.63) is 65.9 Å². The fourth-order valence-corrected chi connectivity index (χ4v) is 3.73. The van der Waals surface area contributed by atoms with Crippen LogP contribution in [0, 0.1) is 6.92 Å². The first-order valence-corrected chi connectivity index (χ1v) is 10.2. The fraction of sp³-hybridized carbons (Fsp3) is 0.250. The molecule has 3 rings (SSSR count). The molecule has 3 aromatic rings. The van der Waals surface area contributed by atoms with Gasteiger partial charge in [-0.3, -0.25) is 4.79 Å². The van der Waals surface area contributed by atoms with Crippen LogP contribution in [0.2, 0.25) is 0 Å². The van der Waals surface area contributed by atoms with Crippen molar-refractivity contribution in [1.82, 2.24) is 10.0 Å². The average molecular weight is 386 g/mol. The molecule has 0 fully saturated rings. The molecule has 27 heavy (non-hydrogen) atoms. The normalized spacial score (nSPS) is 12.8. The lowest BCUT2D eigenvalue weighted by Crippen LogP contribution is -2.32. The molecule has 0 bridgehead atoms. The average Bonchev–Trinajstić information content (AvgIpc) is 3.06. The molecular formula is C20H22N2O4S. The van der Waals surface area contributed by atoms with Crippen LogP contribution in [0.25, 0.3) is 11.0 Å². The molecule has 1 heterocycles. The first kappa shape index (κ1) is 19.1. The highest BCUT2D eigenvalue weighted by molar-refractivity contribution is 7.89. The molecular weight excluding hydrogens is 364 g/mol. The SMILES string of the molecule is Cc1ccc(S(=O)(=O)NCCC(=O)NC(C)c2cc3ccccc3o2)cc1. The lowest BCUT2D eigenvalue weighted by atomic mass is 10.2. The molecule has 7 heteroatoms. The Morgan fingerprint density at radius 1 is 1.11 bits per heavy atom. The zero-order valence-corrected chi connectivity index (χ0v) is 16.0. The van der Waals surface area contributed by atoms with Gasteiger partial charge in [0.2, 0.25) is 15.9 Å². The minimum Gasteiger partial charge on any atom is -0.459 e. The quantitative estimate of drug-likeness (QED) is 0.652. The summed E-state index contributed by atoms with van der Waals surface area (Å²) in [6.45, 7) is 3.73. The van der Waals surface area contributed by atoms with Gasteiger partial charge in [0.1, 0.15) is 11.3 Å². The van der Waals surface area contributed by atoms with Gasteiger partial charge < -0.3 is 9.73 Å². The predicted molar refractivity (Wildman–Crippen MR) is 104 cm³/mol. The number of furan rings is 1. The molecule has 2 aromatic carbocycles. The van der Waals surface area contributed by atoms with E-state index < -0.39 is 10.0 Å². The number of carbonyl (C=O) groups excluding carboxylic acids is 1. The third kappa shape index (κ3) is 4.75. The monoisotopic (exact) mass is 386 g/mol. The van der Waals surface area contributed by atoms with Crippen molar-refractivity contribution in [1.29, 1.82) is 0 Å². The van der Waals surface area contributed by atoms with Crippen LogP contribution in [0.15, 0.2) is 63.9 Å². The van der Waals surface area contributed by atoms with E-state index in [2.05, 4.69) is 10.0 Å². The summed E-state index contributed by atoms with van der Waals surface area (Å²) >= 11 is 0. The number of hydrogen-bond donors (Lipinski definition) is 2. The number of para-hydroxylation sites is 1. The maximum atomic E-state index is 12.2. The van der Waals surface area contributed by atoms with Crippen LogP contribution < -0.4 is 10.0 Å². The number of hydrogen-bond acceptors (Lipinski definition) is 4. The largest absolute Gasteiger partial charge is 0.459 e. The van der Waals surface area contributed by atoms with Crippen LogP contribution in [0.1, 0.15) is 30.7 Å². The molecule has 1 aromatic heterocycles. The van der Waals surface area contributed by atoms with Gasteiger partial charge in [-0.25, -0.2) is 13.1 Å². The number of amides is 1. The molecule has 0 saturated carbocycles. The summed E-state index contributed by atoms with van der Waals surface area (Å²) in [5.41, 5.74) is 1.74. The van der Waals surface area contributed by atoms with Gasteiger partial charge in [0.05, 0.1) is 10.9 Å². The van der Waals surface area contributed by atoms with E-state index in [1.54, 1.807) is 24.3 Å². The lowest BCUT2D eigenvalue weighted by molar-refractivity contribution is -0.121. The summed E-state index contributed by atoms with van der Waals surface area (Å²) in [5.74, 6) is 0.402. The number of aryl methyl sites for hydroxylation is 1. The first-order valence-electron chi connectivity index (χ1n) is 8.69. The minimum absolute atomic E-state index is 0.0227. The summed E-state index contributed by atoms with van der Waals surface area (Å²) in [4.78, 5) is 12.3. The van der Waals surface area contributed by atoms with Crippen LogP contribution in [0.5, 0.6) is 0 Å². The van der Waals surface area contributed by atoms with E-state index in [1.165, 1.54) is 0 Å². The third-order valence-corrected chi connectivity index (χ3v) is 5.70. The summed E-state index contributed by atoms with van der Waals surface area (Å²) < 4.78 is 32.6. The second-order valence-corrected chi connectivity index (χ2v) is 8.20. The van der Waals surface area contributed by atoms with E-state index in [1.807, 2.05) is 44.2 Å². The molecule has 0 spiro atoms. The van der Waals surface area contributed by atoms with E-state index in [0.717, 1.165) is 16.5 Å². The van der Waals surface area contributed by atoms with Gasteiger partial charge >= 0.3 is 0 Å². The molecule has 0 aliphatic rings. The van der Waals surface area contributed by atoms with Crippen LogP contribution in [-0.4, -0.2) is 20.9 Å². The molecule has 1 unspecified atom stereocenters. The molecule has 0 aliphatic heterocycles. The third-order valence-electron chi connectivity index (χ3n) is 4.22. The second kappa shape index (κ2) is 7.94. The molecule has 0 saturated heterocycles. The van der Waals surface area contributed by atoms with Gasteiger partial charge in [-0.15, -0.1) is 0 Å². The van der Waals surface area contributed by atoms with E-state index in [9.17, 15) is 13.2 Å². The maximum Gasteiger partial charge on any atom is 0.240 e. The predicted octanol–water partition coefficient (Wildman–Crippen LogP) is 3.29. The Bertz CT molecular complexity index is 1010. The zero-order valence-electron chi connectivity index (χ0n) is 15.2.